The number of hydrogen-bond acceptors (Lipinski definition) is 3. The monoisotopic (exact) mass is 179 g/mol. The molecule has 0 bridgehead atoms. The van der Waals surface area contributed by atoms with Gasteiger partial charge >= 0.3 is 0 Å². The van der Waals surface area contributed by atoms with Crippen LogP contribution in [0.15, 0.2) is 0 Å². The number of carbonyl (C=O) groups excluding carboxylic acids is 1. The van der Waals surface area contributed by atoms with E-state index < -0.39 is 0 Å². The fraction of sp³-hybridized carbons (Fsp3) is 0.833. The molecule has 0 unspecified atom stereocenters. The molecule has 0 heterocycles. The van der Waals surface area contributed by atoms with Crippen LogP contribution in [-0.4, -0.2) is 11.3 Å². The molecule has 0 rings (SSSR count). The Balaban J connectivity index is 3.52. The number of nitrogens with one attached hydrogen (secondary N) is 1. The first-order valence-corrected chi connectivity index (χ1v) is 5.23. The van der Waals surface area contributed by atoms with E-state index in [2.05, 4.69) is 30.8 Å². The van der Waals surface area contributed by atoms with E-state index in [0.29, 0.717) is 6.04 Å². The molecule has 4 heteroatoms. The van der Waals surface area contributed by atoms with Crippen molar-refractivity contribution in [3.63, 3.8) is 0 Å². The van der Waals surface area contributed by atoms with Crippen molar-refractivity contribution in [1.82, 2.24) is 5.32 Å². The molecule has 0 aromatic heterocycles. The first-order valence-electron chi connectivity index (χ1n) is 3.36. The van der Waals surface area contributed by atoms with Crippen LogP contribution in [0.1, 0.15) is 26.7 Å². The standard InChI is InChI=1S/C6H13NOS2/c1-3-5(4-2)7-6(8)10-9/h5,9H,3-4H2,1-2H3,(H,7,8). The zero-order chi connectivity index (χ0) is 7.98. The van der Waals surface area contributed by atoms with Crippen molar-refractivity contribution in [2.45, 2.75) is 32.7 Å². The predicted octanol–water partition coefficient (Wildman–Crippen LogP) is 2.46. The molecule has 10 heavy (non-hydrogen) atoms. The zero-order valence-electron chi connectivity index (χ0n) is 6.26. The molecule has 0 atom stereocenters. The summed E-state index contributed by atoms with van der Waals surface area (Å²) < 4.78 is 0. The average Bonchev–Trinajstić information content (AvgIpc) is 1.99. The van der Waals surface area contributed by atoms with Gasteiger partial charge in [-0.15, -0.1) is 11.7 Å². The molecule has 0 aromatic rings. The summed E-state index contributed by atoms with van der Waals surface area (Å²) in [7, 11) is 0.928. The van der Waals surface area contributed by atoms with Gasteiger partial charge in [0.25, 0.3) is 5.24 Å². The van der Waals surface area contributed by atoms with E-state index in [1.54, 1.807) is 0 Å². The summed E-state index contributed by atoms with van der Waals surface area (Å²) >= 11 is 3.77. The number of thiol groups is 1. The molecule has 0 aromatic carbocycles. The molecule has 0 radical (unpaired) electrons. The third kappa shape index (κ3) is 4.06. The molecule has 0 saturated carbocycles. The lowest BCUT2D eigenvalue weighted by Crippen LogP contribution is -2.30. The fourth-order valence-corrected chi connectivity index (χ4v) is 1.06. The Morgan fingerprint density at radius 3 is 2.40 bits per heavy atom. The molecule has 2 nitrogen and oxygen atoms in total. The van der Waals surface area contributed by atoms with E-state index in [1.165, 1.54) is 0 Å². The van der Waals surface area contributed by atoms with Gasteiger partial charge in [0.1, 0.15) is 0 Å². The Bertz CT molecular complexity index is 104. The van der Waals surface area contributed by atoms with Crippen LogP contribution in [0.2, 0.25) is 0 Å². The van der Waals surface area contributed by atoms with Crippen molar-refractivity contribution in [3.8, 4) is 0 Å². The van der Waals surface area contributed by atoms with Crippen molar-refractivity contribution in [3.05, 3.63) is 0 Å². The highest BCUT2D eigenvalue weighted by atomic mass is 33.1. The van der Waals surface area contributed by atoms with Crippen molar-refractivity contribution < 1.29 is 4.79 Å². The van der Waals surface area contributed by atoms with Crippen LogP contribution < -0.4 is 5.32 Å². The van der Waals surface area contributed by atoms with Crippen LogP contribution in [0.25, 0.3) is 0 Å². The maximum atomic E-state index is 10.7. The summed E-state index contributed by atoms with van der Waals surface area (Å²) in [5, 5.41) is 2.76. The Labute approximate surface area is 71.0 Å². The Morgan fingerprint density at radius 1 is 1.60 bits per heavy atom. The summed E-state index contributed by atoms with van der Waals surface area (Å²) in [5.41, 5.74) is 0. The molecule has 0 fully saturated rings. The van der Waals surface area contributed by atoms with E-state index in [9.17, 15) is 4.79 Å². The molecular weight excluding hydrogens is 166 g/mol. The van der Waals surface area contributed by atoms with Gasteiger partial charge in [0.15, 0.2) is 0 Å². The number of carbonyl (C=O) groups is 1. The zero-order valence-corrected chi connectivity index (χ0v) is 7.97. The Kier molecular flexibility index (Phi) is 6.02. The van der Waals surface area contributed by atoms with Crippen molar-refractivity contribution in [1.29, 1.82) is 0 Å². The van der Waals surface area contributed by atoms with Gasteiger partial charge < -0.3 is 5.32 Å². The van der Waals surface area contributed by atoms with E-state index >= 15 is 0 Å². The molecule has 1 N–H and O–H groups in total. The molecular formula is C6H13NOS2. The molecule has 0 aliphatic heterocycles. The van der Waals surface area contributed by atoms with Gasteiger partial charge in [-0.25, -0.2) is 0 Å². The van der Waals surface area contributed by atoms with Crippen molar-refractivity contribution in [2.75, 3.05) is 0 Å². The number of hydrogen-bond donors (Lipinski definition) is 2. The summed E-state index contributed by atoms with van der Waals surface area (Å²) in [5.74, 6) is 0. The van der Waals surface area contributed by atoms with E-state index in [-0.39, 0.29) is 5.24 Å². The normalized spacial score (nSPS) is 10.0. The van der Waals surface area contributed by atoms with Gasteiger partial charge in [0.05, 0.1) is 0 Å². The first kappa shape index (κ1) is 10.2. The highest BCUT2D eigenvalue weighted by Gasteiger charge is 2.05. The maximum absolute atomic E-state index is 10.7. The number of rotatable bonds is 3. The van der Waals surface area contributed by atoms with E-state index in [0.717, 1.165) is 23.6 Å². The van der Waals surface area contributed by atoms with Crippen molar-refractivity contribution in [2.24, 2.45) is 0 Å². The predicted molar refractivity (Wildman–Crippen MR) is 49.5 cm³/mol. The lowest BCUT2D eigenvalue weighted by Gasteiger charge is -2.12. The lowest BCUT2D eigenvalue weighted by molar-refractivity contribution is 0.257. The van der Waals surface area contributed by atoms with Crippen LogP contribution >= 0.6 is 22.5 Å². The van der Waals surface area contributed by atoms with Crippen LogP contribution in [0, 0.1) is 0 Å². The summed E-state index contributed by atoms with van der Waals surface area (Å²) in [6.45, 7) is 4.11. The molecule has 0 aliphatic carbocycles. The SMILES string of the molecule is CCC(CC)NC(=O)SS. The summed E-state index contributed by atoms with van der Waals surface area (Å²) in [6.07, 6.45) is 1.97. The van der Waals surface area contributed by atoms with E-state index in [4.69, 9.17) is 0 Å². The lowest BCUT2D eigenvalue weighted by atomic mass is 10.2. The first-order chi connectivity index (χ1) is 4.74. The van der Waals surface area contributed by atoms with E-state index in [1.807, 2.05) is 0 Å². The van der Waals surface area contributed by atoms with Gasteiger partial charge in [-0.2, -0.15) is 0 Å². The van der Waals surface area contributed by atoms with Crippen LogP contribution in [-0.2, 0) is 0 Å². The molecule has 0 saturated heterocycles. The topological polar surface area (TPSA) is 29.1 Å². The minimum absolute atomic E-state index is 0.0583. The molecule has 0 aliphatic rings. The highest BCUT2D eigenvalue weighted by Crippen LogP contribution is 2.07. The molecule has 60 valence electrons. The Morgan fingerprint density at radius 2 is 2.10 bits per heavy atom. The second-order valence-electron chi connectivity index (χ2n) is 2.04. The highest BCUT2D eigenvalue weighted by molar-refractivity contribution is 8.74. The maximum Gasteiger partial charge on any atom is 0.289 e. The average molecular weight is 179 g/mol. The van der Waals surface area contributed by atoms with Crippen LogP contribution in [0.4, 0.5) is 4.79 Å². The fourth-order valence-electron chi connectivity index (χ4n) is 0.686. The van der Waals surface area contributed by atoms with Crippen molar-refractivity contribution >= 4 is 27.7 Å². The largest absolute Gasteiger partial charge is 0.344 e. The van der Waals surface area contributed by atoms with Crippen LogP contribution in [0.5, 0.6) is 0 Å². The van der Waals surface area contributed by atoms with Gasteiger partial charge in [-0.05, 0) is 12.8 Å². The van der Waals surface area contributed by atoms with Gasteiger partial charge in [-0.3, -0.25) is 4.79 Å². The third-order valence-electron chi connectivity index (χ3n) is 1.39. The smallest absolute Gasteiger partial charge is 0.289 e. The number of amides is 1. The second kappa shape index (κ2) is 5.92. The molecule has 1 amide bonds. The van der Waals surface area contributed by atoms with Crippen LogP contribution in [0.3, 0.4) is 0 Å². The van der Waals surface area contributed by atoms with Gasteiger partial charge in [0.2, 0.25) is 0 Å². The minimum atomic E-state index is -0.0583. The minimum Gasteiger partial charge on any atom is -0.344 e. The third-order valence-corrected chi connectivity index (χ3v) is 2.17. The quantitative estimate of drug-likeness (QED) is 0.515. The summed E-state index contributed by atoms with van der Waals surface area (Å²) in [6, 6.07) is 0.312. The Hall–Kier alpha value is 0.170. The van der Waals surface area contributed by atoms with Gasteiger partial charge in [-0.1, -0.05) is 13.8 Å². The van der Waals surface area contributed by atoms with Gasteiger partial charge in [0, 0.05) is 16.8 Å². The summed E-state index contributed by atoms with van der Waals surface area (Å²) in [4.78, 5) is 10.7. The second-order valence-corrected chi connectivity index (χ2v) is 3.14. The molecule has 0 spiro atoms.